The van der Waals surface area contributed by atoms with E-state index in [1.54, 1.807) is 6.26 Å². The Labute approximate surface area is 121 Å². The number of hydrogen-bond acceptors (Lipinski definition) is 5. The average Bonchev–Trinajstić information content (AvgIpc) is 3.19. The van der Waals surface area contributed by atoms with Crippen LogP contribution in [0.15, 0.2) is 10.7 Å². The Kier molecular flexibility index (Phi) is 4.58. The van der Waals surface area contributed by atoms with E-state index in [-0.39, 0.29) is 0 Å². The predicted octanol–water partition coefficient (Wildman–Crippen LogP) is 1.85. The van der Waals surface area contributed by atoms with Crippen molar-refractivity contribution in [3.8, 4) is 0 Å². The zero-order chi connectivity index (χ0) is 13.8. The summed E-state index contributed by atoms with van der Waals surface area (Å²) in [4.78, 5) is 9.53. The third kappa shape index (κ3) is 3.15. The lowest BCUT2D eigenvalue weighted by Crippen LogP contribution is -2.35. The van der Waals surface area contributed by atoms with E-state index in [2.05, 4.69) is 27.0 Å². The first-order chi connectivity index (χ1) is 9.86. The second kappa shape index (κ2) is 6.59. The molecule has 0 saturated carbocycles. The molecule has 0 spiro atoms. The van der Waals surface area contributed by atoms with Crippen LogP contribution in [0.1, 0.15) is 38.3 Å². The van der Waals surface area contributed by atoms with Crippen LogP contribution in [0.2, 0.25) is 0 Å². The highest BCUT2D eigenvalue weighted by Gasteiger charge is 2.31. The first kappa shape index (κ1) is 13.9. The molecule has 2 aliphatic rings. The third-order valence-electron chi connectivity index (χ3n) is 4.36. The van der Waals surface area contributed by atoms with Crippen molar-refractivity contribution < 1.29 is 4.42 Å². The summed E-state index contributed by atoms with van der Waals surface area (Å²) >= 11 is 0. The van der Waals surface area contributed by atoms with Crippen molar-refractivity contribution >= 4 is 6.01 Å². The highest BCUT2D eigenvalue weighted by molar-refractivity contribution is 5.29. The highest BCUT2D eigenvalue weighted by atomic mass is 16.4. The Bertz CT molecular complexity index is 414. The second-order valence-corrected chi connectivity index (χ2v) is 5.93. The summed E-state index contributed by atoms with van der Waals surface area (Å²) in [6.45, 7) is 8.70. The normalized spacial score (nSPS) is 23.9. The molecule has 1 unspecified atom stereocenters. The van der Waals surface area contributed by atoms with Crippen LogP contribution >= 0.6 is 0 Å². The Morgan fingerprint density at radius 1 is 1.35 bits per heavy atom. The van der Waals surface area contributed by atoms with Gasteiger partial charge in [0.05, 0.1) is 5.69 Å². The first-order valence-electron chi connectivity index (χ1n) is 8.01. The van der Waals surface area contributed by atoms with Gasteiger partial charge in [0.15, 0.2) is 0 Å². The molecule has 3 rings (SSSR count). The van der Waals surface area contributed by atoms with Crippen LogP contribution in [0.5, 0.6) is 0 Å². The number of nitrogens with zero attached hydrogens (tertiary/aromatic N) is 3. The number of oxazole rings is 1. The van der Waals surface area contributed by atoms with Crippen molar-refractivity contribution in [3.05, 3.63) is 12.0 Å². The van der Waals surface area contributed by atoms with Crippen molar-refractivity contribution in [3.63, 3.8) is 0 Å². The van der Waals surface area contributed by atoms with Gasteiger partial charge in [-0.15, -0.1) is 0 Å². The van der Waals surface area contributed by atoms with Gasteiger partial charge in [0, 0.05) is 25.7 Å². The van der Waals surface area contributed by atoms with Crippen molar-refractivity contribution in [2.75, 3.05) is 37.6 Å². The van der Waals surface area contributed by atoms with Crippen LogP contribution in [-0.4, -0.2) is 48.6 Å². The second-order valence-electron chi connectivity index (χ2n) is 5.93. The quantitative estimate of drug-likeness (QED) is 0.805. The van der Waals surface area contributed by atoms with Gasteiger partial charge >= 0.3 is 0 Å². The van der Waals surface area contributed by atoms with E-state index in [9.17, 15) is 0 Å². The zero-order valence-corrected chi connectivity index (χ0v) is 12.5. The molecule has 5 heteroatoms. The number of nitrogens with one attached hydrogen (secondary N) is 1. The van der Waals surface area contributed by atoms with Crippen LogP contribution in [0, 0.1) is 0 Å². The van der Waals surface area contributed by atoms with E-state index in [0.717, 1.165) is 44.3 Å². The van der Waals surface area contributed by atoms with Crippen molar-refractivity contribution in [1.82, 2.24) is 15.2 Å². The molecule has 2 fully saturated rings. The fraction of sp³-hybridized carbons (Fsp3) is 0.800. The lowest BCUT2D eigenvalue weighted by atomic mass is 10.2. The number of likely N-dealkylation sites (tertiary alicyclic amines) is 1. The van der Waals surface area contributed by atoms with Gasteiger partial charge in [-0.25, -0.2) is 0 Å². The molecule has 2 saturated heterocycles. The molecular formula is C15H26N4O. The van der Waals surface area contributed by atoms with Crippen molar-refractivity contribution in [2.45, 2.75) is 45.2 Å². The van der Waals surface area contributed by atoms with Crippen LogP contribution in [0.4, 0.5) is 6.01 Å². The van der Waals surface area contributed by atoms with Crippen molar-refractivity contribution in [2.24, 2.45) is 0 Å². The third-order valence-corrected chi connectivity index (χ3v) is 4.36. The average molecular weight is 278 g/mol. The maximum absolute atomic E-state index is 5.65. The molecule has 0 bridgehead atoms. The molecule has 1 aromatic rings. The van der Waals surface area contributed by atoms with E-state index in [4.69, 9.17) is 4.42 Å². The smallest absolute Gasteiger partial charge is 0.297 e. The minimum atomic E-state index is 0.700. The number of aromatic nitrogens is 1. The predicted molar refractivity (Wildman–Crippen MR) is 79.9 cm³/mol. The molecule has 0 radical (unpaired) electrons. The van der Waals surface area contributed by atoms with Gasteiger partial charge in [0.1, 0.15) is 6.26 Å². The molecule has 3 heterocycles. The molecule has 0 aliphatic carbocycles. The molecule has 0 aromatic carbocycles. The molecule has 112 valence electrons. The molecular weight excluding hydrogens is 252 g/mol. The Morgan fingerprint density at radius 3 is 3.00 bits per heavy atom. The topological polar surface area (TPSA) is 44.5 Å². The van der Waals surface area contributed by atoms with Crippen molar-refractivity contribution in [1.29, 1.82) is 0 Å². The van der Waals surface area contributed by atoms with Gasteiger partial charge in [-0.05, 0) is 45.3 Å². The standard InChI is InChI=1S/C15H26N4O/c1-2-6-16-10-13-12-20-15(17-13)19-9-5-14(11-19)18-7-3-4-8-18/h12,14,16H,2-11H2,1H3. The van der Waals surface area contributed by atoms with E-state index in [0.29, 0.717) is 6.04 Å². The van der Waals surface area contributed by atoms with Gasteiger partial charge in [0.25, 0.3) is 6.01 Å². The maximum atomic E-state index is 5.65. The lowest BCUT2D eigenvalue weighted by molar-refractivity contribution is 0.260. The van der Waals surface area contributed by atoms with E-state index in [1.807, 2.05) is 0 Å². The fourth-order valence-corrected chi connectivity index (χ4v) is 3.24. The minimum absolute atomic E-state index is 0.700. The van der Waals surface area contributed by atoms with E-state index >= 15 is 0 Å². The molecule has 1 aromatic heterocycles. The van der Waals surface area contributed by atoms with E-state index < -0.39 is 0 Å². The fourth-order valence-electron chi connectivity index (χ4n) is 3.24. The SMILES string of the molecule is CCCNCc1coc(N2CCC(N3CCCC3)C2)n1. The monoisotopic (exact) mass is 278 g/mol. The van der Waals surface area contributed by atoms with Gasteiger partial charge in [-0.2, -0.15) is 4.98 Å². The zero-order valence-electron chi connectivity index (χ0n) is 12.5. The summed E-state index contributed by atoms with van der Waals surface area (Å²) in [6, 6.07) is 1.51. The minimum Gasteiger partial charge on any atom is -0.432 e. The Balaban J connectivity index is 1.52. The van der Waals surface area contributed by atoms with Gasteiger partial charge in [-0.1, -0.05) is 6.92 Å². The molecule has 0 amide bonds. The summed E-state index contributed by atoms with van der Waals surface area (Å²) in [5.74, 6) is 0. The number of rotatable bonds is 6. The molecule has 5 nitrogen and oxygen atoms in total. The highest BCUT2D eigenvalue weighted by Crippen LogP contribution is 2.24. The summed E-state index contributed by atoms with van der Waals surface area (Å²) in [5, 5.41) is 3.36. The van der Waals surface area contributed by atoms with Crippen LogP contribution in [-0.2, 0) is 6.54 Å². The lowest BCUT2D eigenvalue weighted by Gasteiger charge is -2.23. The summed E-state index contributed by atoms with van der Waals surface area (Å²) < 4.78 is 5.65. The van der Waals surface area contributed by atoms with Gasteiger partial charge in [0.2, 0.25) is 0 Å². The summed E-state index contributed by atoms with van der Waals surface area (Å²) in [7, 11) is 0. The van der Waals surface area contributed by atoms with Crippen LogP contribution in [0.3, 0.4) is 0 Å². The van der Waals surface area contributed by atoms with E-state index in [1.165, 1.54) is 32.4 Å². The Hall–Kier alpha value is -1.07. The summed E-state index contributed by atoms with van der Waals surface area (Å²) in [5.41, 5.74) is 1.01. The number of anilines is 1. The van der Waals surface area contributed by atoms with Gasteiger partial charge < -0.3 is 14.6 Å². The Morgan fingerprint density at radius 2 is 2.20 bits per heavy atom. The molecule has 2 aliphatic heterocycles. The van der Waals surface area contributed by atoms with Crippen LogP contribution < -0.4 is 10.2 Å². The maximum Gasteiger partial charge on any atom is 0.297 e. The van der Waals surface area contributed by atoms with Crippen LogP contribution in [0.25, 0.3) is 0 Å². The van der Waals surface area contributed by atoms with Gasteiger partial charge in [-0.3, -0.25) is 4.90 Å². The largest absolute Gasteiger partial charge is 0.432 e. The molecule has 20 heavy (non-hydrogen) atoms. The first-order valence-corrected chi connectivity index (χ1v) is 8.01. The number of hydrogen-bond donors (Lipinski definition) is 1. The molecule has 1 atom stereocenters. The summed E-state index contributed by atoms with van der Waals surface area (Å²) in [6.07, 6.45) is 6.91. The molecule has 1 N–H and O–H groups in total.